The van der Waals surface area contributed by atoms with E-state index in [1.54, 1.807) is 6.92 Å². The van der Waals surface area contributed by atoms with Gasteiger partial charge >= 0.3 is 11.0 Å². The van der Waals surface area contributed by atoms with Gasteiger partial charge in [0.1, 0.15) is 4.88 Å². The molecule has 4 bridgehead atoms. The summed E-state index contributed by atoms with van der Waals surface area (Å²) in [4.78, 5) is 35.1. The average Bonchev–Trinajstić information content (AvgIpc) is 3.03. The number of hydrogen-bond acceptors (Lipinski definition) is 6. The molecule has 0 saturated heterocycles. The Morgan fingerprint density at radius 1 is 1.23 bits per heavy atom. The number of carbonyl (C=O) groups excluding carboxylic acids is 2. The van der Waals surface area contributed by atoms with Crippen LogP contribution in [0.25, 0.3) is 0 Å². The van der Waals surface area contributed by atoms with E-state index in [1.807, 2.05) is 0 Å². The maximum atomic E-state index is 12.6. The minimum Gasteiger partial charge on any atom is -0.448 e. The fourth-order valence-corrected chi connectivity index (χ4v) is 6.14. The lowest BCUT2D eigenvalue weighted by molar-refractivity contribution is -0.380. The van der Waals surface area contributed by atoms with Crippen LogP contribution in [0.4, 0.5) is 5.00 Å². The predicted molar refractivity (Wildman–Crippen MR) is 94.9 cm³/mol. The van der Waals surface area contributed by atoms with Crippen LogP contribution in [0.3, 0.4) is 0 Å². The Labute approximate surface area is 155 Å². The van der Waals surface area contributed by atoms with Gasteiger partial charge in [0.2, 0.25) is 0 Å². The van der Waals surface area contributed by atoms with Crippen LogP contribution >= 0.6 is 11.3 Å². The van der Waals surface area contributed by atoms with Gasteiger partial charge in [0.05, 0.1) is 4.92 Å². The third-order valence-corrected chi connectivity index (χ3v) is 7.07. The van der Waals surface area contributed by atoms with Gasteiger partial charge in [0.15, 0.2) is 6.10 Å². The highest BCUT2D eigenvalue weighted by Crippen LogP contribution is 2.55. The highest BCUT2D eigenvalue weighted by molar-refractivity contribution is 7.17. The Hall–Kier alpha value is -1.96. The van der Waals surface area contributed by atoms with Gasteiger partial charge in [-0.25, -0.2) is 4.79 Å². The van der Waals surface area contributed by atoms with Crippen molar-refractivity contribution in [3.63, 3.8) is 0 Å². The van der Waals surface area contributed by atoms with Crippen LogP contribution in [-0.4, -0.2) is 28.4 Å². The molecule has 4 fully saturated rings. The van der Waals surface area contributed by atoms with Crippen molar-refractivity contribution in [3.05, 3.63) is 27.1 Å². The number of nitrogens with zero attached hydrogens (tertiary/aromatic N) is 1. The van der Waals surface area contributed by atoms with Crippen LogP contribution in [0.1, 0.15) is 55.1 Å². The zero-order chi connectivity index (χ0) is 18.5. The summed E-state index contributed by atoms with van der Waals surface area (Å²) in [6.07, 6.45) is 6.04. The first-order valence-electron chi connectivity index (χ1n) is 9.11. The van der Waals surface area contributed by atoms with Gasteiger partial charge in [-0.1, -0.05) is 11.3 Å². The molecular weight excluding hydrogens is 356 g/mol. The van der Waals surface area contributed by atoms with E-state index in [2.05, 4.69) is 5.32 Å². The van der Waals surface area contributed by atoms with E-state index in [0.29, 0.717) is 17.8 Å². The molecule has 0 spiro atoms. The van der Waals surface area contributed by atoms with Crippen LogP contribution in [0, 0.1) is 27.9 Å². The molecule has 140 valence electrons. The molecule has 7 nitrogen and oxygen atoms in total. The van der Waals surface area contributed by atoms with Crippen LogP contribution in [0.5, 0.6) is 0 Å². The van der Waals surface area contributed by atoms with Gasteiger partial charge in [-0.2, -0.15) is 0 Å². The summed E-state index contributed by atoms with van der Waals surface area (Å²) in [6.45, 7) is 1.55. The molecule has 8 heteroatoms. The molecule has 5 rings (SSSR count). The highest BCUT2D eigenvalue weighted by atomic mass is 32.1. The molecule has 1 N–H and O–H groups in total. The third kappa shape index (κ3) is 3.22. The van der Waals surface area contributed by atoms with Crippen LogP contribution in [-0.2, 0) is 9.53 Å². The normalized spacial score (nSPS) is 32.9. The maximum Gasteiger partial charge on any atom is 0.349 e. The van der Waals surface area contributed by atoms with Crippen molar-refractivity contribution in [2.24, 2.45) is 17.8 Å². The van der Waals surface area contributed by atoms with Crippen molar-refractivity contribution < 1.29 is 19.2 Å². The third-order valence-electron chi connectivity index (χ3n) is 6.05. The summed E-state index contributed by atoms with van der Waals surface area (Å²) in [5.41, 5.74) is -0.131. The second-order valence-corrected chi connectivity index (χ2v) is 9.19. The minimum atomic E-state index is -0.920. The number of ether oxygens (including phenoxy) is 1. The first-order valence-corrected chi connectivity index (χ1v) is 9.92. The van der Waals surface area contributed by atoms with E-state index in [0.717, 1.165) is 30.6 Å². The van der Waals surface area contributed by atoms with E-state index in [-0.39, 0.29) is 21.3 Å². The van der Waals surface area contributed by atoms with Crippen molar-refractivity contribution in [1.82, 2.24) is 5.32 Å². The van der Waals surface area contributed by atoms with Gasteiger partial charge in [0.25, 0.3) is 5.91 Å². The number of esters is 1. The summed E-state index contributed by atoms with van der Waals surface area (Å²) >= 11 is 0.752. The van der Waals surface area contributed by atoms with Crippen LogP contribution < -0.4 is 5.32 Å². The van der Waals surface area contributed by atoms with E-state index >= 15 is 0 Å². The fraction of sp³-hybridized carbons (Fsp3) is 0.667. The van der Waals surface area contributed by atoms with Crippen molar-refractivity contribution in [2.45, 2.75) is 57.1 Å². The highest BCUT2D eigenvalue weighted by Gasteiger charge is 2.51. The molecule has 1 atom stereocenters. The van der Waals surface area contributed by atoms with E-state index < -0.39 is 17.0 Å². The van der Waals surface area contributed by atoms with E-state index in [4.69, 9.17) is 4.74 Å². The molecule has 1 heterocycles. The summed E-state index contributed by atoms with van der Waals surface area (Å²) in [7, 11) is 0. The Morgan fingerprint density at radius 2 is 1.81 bits per heavy atom. The van der Waals surface area contributed by atoms with E-state index in [9.17, 15) is 19.7 Å². The minimum absolute atomic E-state index is 0.123. The molecule has 1 aromatic rings. The van der Waals surface area contributed by atoms with Crippen molar-refractivity contribution >= 4 is 28.2 Å². The molecule has 1 aromatic heterocycles. The predicted octanol–water partition coefficient (Wildman–Crippen LogP) is 3.29. The van der Waals surface area contributed by atoms with Crippen molar-refractivity contribution in [1.29, 1.82) is 0 Å². The van der Waals surface area contributed by atoms with Crippen molar-refractivity contribution in [3.8, 4) is 0 Å². The lowest BCUT2D eigenvalue weighted by atomic mass is 9.53. The molecular formula is C18H22N2O5S. The number of thiophene rings is 1. The lowest BCUT2D eigenvalue weighted by Crippen LogP contribution is -2.61. The number of nitrogens with one attached hydrogen (secondary N) is 1. The fourth-order valence-electron chi connectivity index (χ4n) is 5.43. The summed E-state index contributed by atoms with van der Waals surface area (Å²) < 4.78 is 5.24. The molecule has 1 amide bonds. The van der Waals surface area contributed by atoms with E-state index in [1.165, 1.54) is 31.4 Å². The topological polar surface area (TPSA) is 98.5 Å². The van der Waals surface area contributed by atoms with Gasteiger partial charge in [-0.15, -0.1) is 0 Å². The van der Waals surface area contributed by atoms with Crippen molar-refractivity contribution in [2.75, 3.05) is 0 Å². The molecule has 4 aliphatic carbocycles. The number of hydrogen-bond donors (Lipinski definition) is 1. The largest absolute Gasteiger partial charge is 0.448 e. The molecule has 0 aromatic carbocycles. The number of carbonyl (C=O) groups is 2. The van der Waals surface area contributed by atoms with Gasteiger partial charge < -0.3 is 10.1 Å². The Kier molecular flexibility index (Phi) is 4.25. The zero-order valence-corrected chi connectivity index (χ0v) is 15.4. The molecule has 4 saturated carbocycles. The summed E-state index contributed by atoms with van der Waals surface area (Å²) in [5, 5.41) is 13.8. The quantitative estimate of drug-likeness (QED) is 0.482. The number of nitro groups is 1. The zero-order valence-electron chi connectivity index (χ0n) is 14.6. The molecule has 0 radical (unpaired) electrons. The second kappa shape index (κ2) is 6.33. The molecule has 0 unspecified atom stereocenters. The molecule has 26 heavy (non-hydrogen) atoms. The summed E-state index contributed by atoms with van der Waals surface area (Å²) in [5.74, 6) is 1.17. The van der Waals surface area contributed by atoms with Gasteiger partial charge in [-0.05, 0) is 69.3 Å². The Bertz CT molecular complexity index is 723. The maximum absolute atomic E-state index is 12.6. The Morgan fingerprint density at radius 3 is 2.31 bits per heavy atom. The SMILES string of the molecule is C[C@H](OC(=O)c1ccc([N+](=O)[O-])s1)C(=O)NC12CC3CC(CC(C3)C1)C2. The monoisotopic (exact) mass is 378 g/mol. The Balaban J connectivity index is 1.37. The molecule has 4 aliphatic rings. The summed E-state index contributed by atoms with van der Waals surface area (Å²) in [6, 6.07) is 2.62. The average molecular weight is 378 g/mol. The number of rotatable bonds is 5. The number of amides is 1. The van der Waals surface area contributed by atoms with Crippen LogP contribution in [0.15, 0.2) is 12.1 Å². The smallest absolute Gasteiger partial charge is 0.349 e. The van der Waals surface area contributed by atoms with Gasteiger partial charge in [-0.3, -0.25) is 14.9 Å². The standard InChI is InChI=1S/C18H22N2O5S/c1-10(25-17(22)14-2-3-15(26-14)20(23)24)16(21)19-18-7-11-4-12(8-18)6-13(5-11)9-18/h2-3,10-13H,4-9H2,1H3,(H,19,21)/t10-,11?,12?,13?,18?/m0/s1. The first-order chi connectivity index (χ1) is 12.3. The first kappa shape index (κ1) is 17.5. The lowest BCUT2D eigenvalue weighted by Gasteiger charge is -2.57. The van der Waals surface area contributed by atoms with Gasteiger partial charge in [0, 0.05) is 11.6 Å². The van der Waals surface area contributed by atoms with Crippen LogP contribution in [0.2, 0.25) is 0 Å². The second-order valence-electron chi connectivity index (χ2n) is 8.13. The molecule has 0 aliphatic heterocycles.